The van der Waals surface area contributed by atoms with E-state index >= 15 is 0 Å². The molecule has 2 aromatic carbocycles. The molecule has 112 valence electrons. The second-order valence-corrected chi connectivity index (χ2v) is 6.94. The molecule has 2 rings (SSSR count). The third-order valence-corrected chi connectivity index (χ3v) is 4.44. The monoisotopic (exact) mass is 321 g/mol. The van der Waals surface area contributed by atoms with Crippen LogP contribution in [0.25, 0.3) is 0 Å². The molecule has 0 fully saturated rings. The Balaban J connectivity index is 2.04. The second-order valence-electron chi connectivity index (χ2n) is 6.13. The van der Waals surface area contributed by atoms with Crippen LogP contribution in [-0.4, -0.2) is 6.04 Å². The first-order valence-corrected chi connectivity index (χ1v) is 7.91. The minimum absolute atomic E-state index is 0.115. The highest BCUT2D eigenvalue weighted by molar-refractivity contribution is 6.42. The first-order chi connectivity index (χ1) is 9.88. The van der Waals surface area contributed by atoms with Gasteiger partial charge in [0.2, 0.25) is 0 Å². The molecule has 1 unspecified atom stereocenters. The van der Waals surface area contributed by atoms with Crippen LogP contribution in [0.2, 0.25) is 10.0 Å². The Labute approximate surface area is 137 Å². The van der Waals surface area contributed by atoms with Gasteiger partial charge in [-0.05, 0) is 42.5 Å². The van der Waals surface area contributed by atoms with Crippen molar-refractivity contribution < 1.29 is 0 Å². The van der Waals surface area contributed by atoms with Crippen molar-refractivity contribution >= 4 is 28.9 Å². The van der Waals surface area contributed by atoms with Gasteiger partial charge in [0, 0.05) is 11.7 Å². The molecule has 2 aromatic rings. The van der Waals surface area contributed by atoms with Crippen LogP contribution in [0.4, 0.5) is 5.69 Å². The topological polar surface area (TPSA) is 12.0 Å². The summed E-state index contributed by atoms with van der Waals surface area (Å²) in [5, 5.41) is 4.66. The molecule has 0 saturated heterocycles. The lowest BCUT2D eigenvalue weighted by molar-refractivity contribution is 0.450. The zero-order chi connectivity index (χ0) is 15.5. The minimum Gasteiger partial charge on any atom is -0.383 e. The van der Waals surface area contributed by atoms with Gasteiger partial charge in [0.15, 0.2) is 0 Å². The van der Waals surface area contributed by atoms with Gasteiger partial charge in [-0.3, -0.25) is 0 Å². The highest BCUT2D eigenvalue weighted by atomic mass is 35.5. The van der Waals surface area contributed by atoms with Crippen LogP contribution in [0.1, 0.15) is 32.8 Å². The maximum atomic E-state index is 6.05. The molecule has 0 aliphatic carbocycles. The average Bonchev–Trinajstić information content (AvgIpc) is 2.43. The Kier molecular flexibility index (Phi) is 5.18. The van der Waals surface area contributed by atoms with E-state index in [0.29, 0.717) is 16.1 Å². The summed E-state index contributed by atoms with van der Waals surface area (Å²) in [6.45, 7) is 6.73. The maximum absolute atomic E-state index is 6.05. The molecule has 0 aromatic heterocycles. The van der Waals surface area contributed by atoms with Crippen molar-refractivity contribution in [3.05, 3.63) is 64.1 Å². The molecule has 1 atom stereocenters. The highest BCUT2D eigenvalue weighted by Crippen LogP contribution is 2.30. The molecule has 0 heterocycles. The lowest BCUT2D eigenvalue weighted by Gasteiger charge is -2.29. The van der Waals surface area contributed by atoms with Crippen LogP contribution < -0.4 is 5.32 Å². The van der Waals surface area contributed by atoms with Crippen molar-refractivity contribution in [1.82, 2.24) is 0 Å². The van der Waals surface area contributed by atoms with Crippen molar-refractivity contribution in [1.29, 1.82) is 0 Å². The fourth-order valence-corrected chi connectivity index (χ4v) is 2.99. The molecule has 1 N–H and O–H groups in total. The van der Waals surface area contributed by atoms with E-state index in [-0.39, 0.29) is 5.41 Å². The predicted octanol–water partition coefficient (Wildman–Crippen LogP) is 6.16. The van der Waals surface area contributed by atoms with E-state index in [2.05, 4.69) is 56.4 Å². The molecule has 21 heavy (non-hydrogen) atoms. The van der Waals surface area contributed by atoms with Crippen molar-refractivity contribution in [2.45, 2.75) is 38.6 Å². The first kappa shape index (κ1) is 16.2. The summed E-state index contributed by atoms with van der Waals surface area (Å²) < 4.78 is 0. The molecule has 0 saturated carbocycles. The van der Waals surface area contributed by atoms with Gasteiger partial charge in [-0.25, -0.2) is 0 Å². The van der Waals surface area contributed by atoms with Crippen LogP contribution in [0.5, 0.6) is 0 Å². The van der Waals surface area contributed by atoms with Crippen molar-refractivity contribution in [2.75, 3.05) is 5.32 Å². The fourth-order valence-electron chi connectivity index (χ4n) is 2.69. The Bertz CT molecular complexity index is 593. The molecule has 0 amide bonds. The number of nitrogens with one attached hydrogen (secondary N) is 1. The van der Waals surface area contributed by atoms with E-state index < -0.39 is 0 Å². The summed E-state index contributed by atoms with van der Waals surface area (Å²) in [6.07, 6.45) is 1.03. The Morgan fingerprint density at radius 2 is 1.67 bits per heavy atom. The smallest absolute Gasteiger partial charge is 0.0612 e. The zero-order valence-electron chi connectivity index (χ0n) is 12.7. The van der Waals surface area contributed by atoms with Gasteiger partial charge in [0.1, 0.15) is 0 Å². The van der Waals surface area contributed by atoms with Gasteiger partial charge in [-0.1, -0.05) is 67.4 Å². The summed E-state index contributed by atoms with van der Waals surface area (Å²) in [5.41, 5.74) is 2.47. The zero-order valence-corrected chi connectivity index (χ0v) is 14.2. The van der Waals surface area contributed by atoms with E-state index in [9.17, 15) is 0 Å². The number of benzene rings is 2. The maximum Gasteiger partial charge on any atom is 0.0612 e. The van der Waals surface area contributed by atoms with Gasteiger partial charge in [0.05, 0.1) is 10.0 Å². The van der Waals surface area contributed by atoms with Crippen molar-refractivity contribution in [3.8, 4) is 0 Å². The third kappa shape index (κ3) is 4.39. The SMILES string of the molecule is CC(CC(C)(C)c1ccccc1)Nc1ccc(Cl)c(Cl)c1. The number of hydrogen-bond acceptors (Lipinski definition) is 1. The molecule has 0 radical (unpaired) electrons. The molecule has 0 bridgehead atoms. The lowest BCUT2D eigenvalue weighted by Crippen LogP contribution is -2.27. The molecule has 1 nitrogen and oxygen atoms in total. The van der Waals surface area contributed by atoms with Gasteiger partial charge in [-0.15, -0.1) is 0 Å². The standard InChI is InChI=1S/C18H21Cl2N/c1-13(21-15-9-10-16(19)17(20)11-15)12-18(2,3)14-7-5-4-6-8-14/h4-11,13,21H,12H2,1-3H3. The largest absolute Gasteiger partial charge is 0.383 e. The summed E-state index contributed by atoms with van der Waals surface area (Å²) in [6, 6.07) is 16.6. The number of anilines is 1. The van der Waals surface area contributed by atoms with Gasteiger partial charge in [0.25, 0.3) is 0 Å². The number of halogens is 2. The number of rotatable bonds is 5. The summed E-state index contributed by atoms with van der Waals surface area (Å²) >= 11 is 12.0. The fraction of sp³-hybridized carbons (Fsp3) is 0.333. The van der Waals surface area contributed by atoms with E-state index in [0.717, 1.165) is 12.1 Å². The average molecular weight is 322 g/mol. The van der Waals surface area contributed by atoms with Crippen molar-refractivity contribution in [2.24, 2.45) is 0 Å². The van der Waals surface area contributed by atoms with Crippen LogP contribution >= 0.6 is 23.2 Å². The number of hydrogen-bond donors (Lipinski definition) is 1. The minimum atomic E-state index is 0.115. The highest BCUT2D eigenvalue weighted by Gasteiger charge is 2.23. The van der Waals surface area contributed by atoms with Crippen LogP contribution in [0.15, 0.2) is 48.5 Å². The van der Waals surface area contributed by atoms with Crippen LogP contribution in [0.3, 0.4) is 0 Å². The van der Waals surface area contributed by atoms with Crippen LogP contribution in [-0.2, 0) is 5.41 Å². The second kappa shape index (κ2) is 6.72. The molecule has 3 heteroatoms. The summed E-state index contributed by atoms with van der Waals surface area (Å²) in [5.74, 6) is 0. The molecule has 0 aliphatic heterocycles. The van der Waals surface area contributed by atoms with E-state index in [1.165, 1.54) is 5.56 Å². The quantitative estimate of drug-likeness (QED) is 0.695. The normalized spacial score (nSPS) is 13.0. The molecular weight excluding hydrogens is 301 g/mol. The van der Waals surface area contributed by atoms with Gasteiger partial charge < -0.3 is 5.32 Å². The Morgan fingerprint density at radius 1 is 1.00 bits per heavy atom. The van der Waals surface area contributed by atoms with Gasteiger partial charge >= 0.3 is 0 Å². The summed E-state index contributed by atoms with van der Waals surface area (Å²) in [7, 11) is 0. The summed E-state index contributed by atoms with van der Waals surface area (Å²) in [4.78, 5) is 0. The third-order valence-electron chi connectivity index (χ3n) is 3.70. The Hall–Kier alpha value is -1.18. The van der Waals surface area contributed by atoms with E-state index in [1.54, 1.807) is 0 Å². The van der Waals surface area contributed by atoms with E-state index in [4.69, 9.17) is 23.2 Å². The van der Waals surface area contributed by atoms with Gasteiger partial charge in [-0.2, -0.15) is 0 Å². The first-order valence-electron chi connectivity index (χ1n) is 7.15. The Morgan fingerprint density at radius 3 is 2.29 bits per heavy atom. The van der Waals surface area contributed by atoms with E-state index in [1.807, 2.05) is 18.2 Å². The molecule has 0 spiro atoms. The lowest BCUT2D eigenvalue weighted by atomic mass is 9.79. The predicted molar refractivity (Wildman–Crippen MR) is 93.6 cm³/mol. The molecular formula is C18H21Cl2N. The van der Waals surface area contributed by atoms with Crippen LogP contribution in [0, 0.1) is 0 Å². The van der Waals surface area contributed by atoms with Crippen molar-refractivity contribution in [3.63, 3.8) is 0 Å². The molecule has 0 aliphatic rings.